The molecule has 0 unspecified atom stereocenters. The highest BCUT2D eigenvalue weighted by Crippen LogP contribution is 2.37. The minimum absolute atomic E-state index is 0.359. The van der Waals surface area contributed by atoms with Crippen LogP contribution in [-0.4, -0.2) is 40.0 Å². The molecule has 1 saturated heterocycles. The molecule has 1 aromatic heterocycles. The van der Waals surface area contributed by atoms with Crippen LogP contribution in [0, 0.1) is 13.8 Å². The number of aromatic nitrogens is 2. The molecule has 0 atom stereocenters. The Morgan fingerprint density at radius 1 is 1.10 bits per heavy atom. The molecule has 1 aliphatic carbocycles. The predicted molar refractivity (Wildman–Crippen MR) is 86.6 cm³/mol. The summed E-state index contributed by atoms with van der Waals surface area (Å²) >= 11 is 0. The third-order valence-corrected chi connectivity index (χ3v) is 5.22. The van der Waals surface area contributed by atoms with E-state index in [9.17, 15) is 0 Å². The summed E-state index contributed by atoms with van der Waals surface area (Å²) < 4.78 is 0. The van der Waals surface area contributed by atoms with Crippen molar-refractivity contribution in [1.82, 2.24) is 14.9 Å². The average Bonchev–Trinajstić information content (AvgIpc) is 2.99. The van der Waals surface area contributed by atoms with Crippen LogP contribution in [0.4, 0.5) is 5.82 Å². The van der Waals surface area contributed by atoms with Crippen molar-refractivity contribution in [2.45, 2.75) is 64.3 Å². The predicted octanol–water partition coefficient (Wildman–Crippen LogP) is 3.30. The highest BCUT2D eigenvalue weighted by molar-refractivity contribution is 5.40. The number of piperidine rings is 1. The number of hydrogen-bond donors (Lipinski definition) is 1. The number of rotatable bonds is 4. The Kier molecular flexibility index (Phi) is 4.43. The Bertz CT molecular complexity index is 474. The van der Waals surface area contributed by atoms with Crippen molar-refractivity contribution < 1.29 is 0 Å². The molecule has 1 N–H and O–H groups in total. The first-order valence-electron chi connectivity index (χ1n) is 8.49. The van der Waals surface area contributed by atoms with Crippen molar-refractivity contribution in [2.75, 3.05) is 25.0 Å². The van der Waals surface area contributed by atoms with Crippen LogP contribution in [0.25, 0.3) is 0 Å². The number of nitrogens with zero attached hydrogens (tertiary/aromatic N) is 3. The van der Waals surface area contributed by atoms with Crippen LogP contribution in [0.2, 0.25) is 0 Å². The summed E-state index contributed by atoms with van der Waals surface area (Å²) in [7, 11) is 0. The first kappa shape index (κ1) is 14.8. The Morgan fingerprint density at radius 2 is 1.81 bits per heavy atom. The second-order valence-electron chi connectivity index (χ2n) is 6.78. The molecule has 0 amide bonds. The van der Waals surface area contributed by atoms with Gasteiger partial charge in [0.1, 0.15) is 5.82 Å². The quantitative estimate of drug-likeness (QED) is 0.923. The molecule has 2 fully saturated rings. The van der Waals surface area contributed by atoms with Crippen LogP contribution in [0.3, 0.4) is 0 Å². The lowest BCUT2D eigenvalue weighted by atomic mass is 9.92. The van der Waals surface area contributed by atoms with E-state index in [4.69, 9.17) is 0 Å². The fourth-order valence-corrected chi connectivity index (χ4v) is 3.96. The van der Waals surface area contributed by atoms with Crippen molar-refractivity contribution in [3.63, 3.8) is 0 Å². The molecule has 4 heteroatoms. The van der Waals surface area contributed by atoms with E-state index in [0.29, 0.717) is 5.54 Å². The number of anilines is 1. The Labute approximate surface area is 128 Å². The molecule has 1 aromatic rings. The second kappa shape index (κ2) is 6.30. The van der Waals surface area contributed by atoms with Crippen LogP contribution in [0.5, 0.6) is 0 Å². The molecular weight excluding hydrogens is 260 g/mol. The molecule has 21 heavy (non-hydrogen) atoms. The van der Waals surface area contributed by atoms with Crippen LogP contribution in [0.15, 0.2) is 6.20 Å². The maximum atomic E-state index is 4.62. The van der Waals surface area contributed by atoms with E-state index >= 15 is 0 Å². The molecule has 0 aromatic carbocycles. The lowest BCUT2D eigenvalue weighted by Gasteiger charge is -2.44. The molecule has 0 bridgehead atoms. The fraction of sp³-hybridized carbons (Fsp3) is 0.765. The summed E-state index contributed by atoms with van der Waals surface area (Å²) in [6.45, 7) is 7.62. The number of nitrogens with one attached hydrogen (secondary N) is 1. The smallest absolute Gasteiger partial charge is 0.147 e. The van der Waals surface area contributed by atoms with Gasteiger partial charge in [0.05, 0.1) is 11.4 Å². The van der Waals surface area contributed by atoms with Crippen LogP contribution >= 0.6 is 0 Å². The standard InChI is InChI=1S/C17H28N4/c1-14-12-18-15(2)16(20-14)19-13-17(8-4-5-9-17)21-10-6-3-7-11-21/h12H,3-11,13H2,1-2H3,(H,19,20). The van der Waals surface area contributed by atoms with E-state index in [0.717, 1.165) is 23.8 Å². The highest BCUT2D eigenvalue weighted by atomic mass is 15.2. The van der Waals surface area contributed by atoms with Crippen molar-refractivity contribution >= 4 is 5.82 Å². The molecule has 0 radical (unpaired) electrons. The number of likely N-dealkylation sites (tertiary alicyclic amines) is 1. The van der Waals surface area contributed by atoms with Gasteiger partial charge >= 0.3 is 0 Å². The van der Waals surface area contributed by atoms with Gasteiger partial charge in [-0.15, -0.1) is 0 Å². The van der Waals surface area contributed by atoms with Gasteiger partial charge in [-0.05, 0) is 52.6 Å². The van der Waals surface area contributed by atoms with Gasteiger partial charge in [0.2, 0.25) is 0 Å². The van der Waals surface area contributed by atoms with Gasteiger partial charge in [0, 0.05) is 18.3 Å². The van der Waals surface area contributed by atoms with E-state index < -0.39 is 0 Å². The molecule has 2 heterocycles. The Morgan fingerprint density at radius 3 is 2.52 bits per heavy atom. The SMILES string of the molecule is Cc1cnc(C)c(NCC2(N3CCCCC3)CCCC2)n1. The molecule has 2 aliphatic rings. The Balaban J connectivity index is 1.71. The van der Waals surface area contributed by atoms with Crippen molar-refractivity contribution in [1.29, 1.82) is 0 Å². The van der Waals surface area contributed by atoms with E-state index in [2.05, 4.69) is 20.2 Å². The summed E-state index contributed by atoms with van der Waals surface area (Å²) in [6.07, 6.45) is 11.4. The van der Waals surface area contributed by atoms with Gasteiger partial charge in [-0.1, -0.05) is 19.3 Å². The molecule has 4 nitrogen and oxygen atoms in total. The molecule has 3 rings (SSSR count). The van der Waals surface area contributed by atoms with Crippen molar-refractivity contribution in [3.05, 3.63) is 17.6 Å². The summed E-state index contributed by atoms with van der Waals surface area (Å²) in [5.74, 6) is 0.971. The lowest BCUT2D eigenvalue weighted by molar-refractivity contribution is 0.0807. The maximum Gasteiger partial charge on any atom is 0.147 e. The van der Waals surface area contributed by atoms with E-state index in [-0.39, 0.29) is 0 Å². The maximum absolute atomic E-state index is 4.62. The van der Waals surface area contributed by atoms with Gasteiger partial charge in [-0.2, -0.15) is 0 Å². The summed E-state index contributed by atoms with van der Waals surface area (Å²) in [4.78, 5) is 11.8. The lowest BCUT2D eigenvalue weighted by Crippen LogP contribution is -2.53. The van der Waals surface area contributed by atoms with Crippen LogP contribution in [-0.2, 0) is 0 Å². The van der Waals surface area contributed by atoms with Gasteiger partial charge in [0.15, 0.2) is 0 Å². The largest absolute Gasteiger partial charge is 0.367 e. The van der Waals surface area contributed by atoms with E-state index in [1.54, 1.807) is 0 Å². The van der Waals surface area contributed by atoms with Gasteiger partial charge < -0.3 is 5.32 Å². The zero-order valence-electron chi connectivity index (χ0n) is 13.5. The zero-order chi connectivity index (χ0) is 14.7. The van der Waals surface area contributed by atoms with Gasteiger partial charge in [-0.25, -0.2) is 4.98 Å². The fourth-order valence-electron chi connectivity index (χ4n) is 3.96. The van der Waals surface area contributed by atoms with Gasteiger partial charge in [0.25, 0.3) is 0 Å². The average molecular weight is 288 g/mol. The third-order valence-electron chi connectivity index (χ3n) is 5.22. The molecular formula is C17H28N4. The first-order chi connectivity index (χ1) is 10.2. The molecule has 1 saturated carbocycles. The topological polar surface area (TPSA) is 41.1 Å². The Hall–Kier alpha value is -1.16. The number of hydrogen-bond acceptors (Lipinski definition) is 4. The first-order valence-corrected chi connectivity index (χ1v) is 8.49. The summed E-state index contributed by atoms with van der Waals surface area (Å²) in [6, 6.07) is 0. The molecule has 116 valence electrons. The minimum Gasteiger partial charge on any atom is -0.367 e. The third kappa shape index (κ3) is 3.20. The number of aryl methyl sites for hydroxylation is 2. The highest BCUT2D eigenvalue weighted by Gasteiger charge is 2.39. The monoisotopic (exact) mass is 288 g/mol. The van der Waals surface area contributed by atoms with E-state index in [1.807, 2.05) is 20.0 Å². The van der Waals surface area contributed by atoms with Crippen molar-refractivity contribution in [2.24, 2.45) is 0 Å². The van der Waals surface area contributed by atoms with Gasteiger partial charge in [-0.3, -0.25) is 9.88 Å². The summed E-state index contributed by atoms with van der Waals surface area (Å²) in [5, 5.41) is 3.62. The zero-order valence-corrected chi connectivity index (χ0v) is 13.5. The minimum atomic E-state index is 0.359. The molecule has 0 spiro atoms. The van der Waals surface area contributed by atoms with Crippen LogP contribution in [0.1, 0.15) is 56.3 Å². The van der Waals surface area contributed by atoms with Crippen LogP contribution < -0.4 is 5.32 Å². The molecule has 1 aliphatic heterocycles. The summed E-state index contributed by atoms with van der Waals surface area (Å²) in [5.41, 5.74) is 2.35. The van der Waals surface area contributed by atoms with E-state index in [1.165, 1.54) is 58.0 Å². The second-order valence-corrected chi connectivity index (χ2v) is 6.78. The van der Waals surface area contributed by atoms with Crippen molar-refractivity contribution in [3.8, 4) is 0 Å². The normalized spacial score (nSPS) is 22.4.